The van der Waals surface area contributed by atoms with Crippen LogP contribution < -0.4 is 9.47 Å². The van der Waals surface area contributed by atoms with Gasteiger partial charge in [0.05, 0.1) is 26.2 Å². The first-order valence-electron chi connectivity index (χ1n) is 6.78. The van der Waals surface area contributed by atoms with E-state index in [-0.39, 0.29) is 11.9 Å². The number of fused-ring (bicyclic) bond motifs is 2. The molecule has 0 bridgehead atoms. The van der Waals surface area contributed by atoms with E-state index in [4.69, 9.17) is 14.2 Å². The fraction of sp³-hybridized carbons (Fsp3) is 0.533. The molecule has 2 aliphatic heterocycles. The predicted octanol–water partition coefficient (Wildman–Crippen LogP) is 2.22. The standard InChI is InChI=1S/C15H18O4/c1-3-10(15(16)17-2)13-11-5-7-18-12(11)8-9-4-6-19-14(9)13/h8,10H,3-7H2,1-2H3. The van der Waals surface area contributed by atoms with Crippen molar-refractivity contribution in [1.82, 2.24) is 0 Å². The number of esters is 1. The van der Waals surface area contributed by atoms with Crippen molar-refractivity contribution in [3.63, 3.8) is 0 Å². The van der Waals surface area contributed by atoms with Gasteiger partial charge >= 0.3 is 5.97 Å². The van der Waals surface area contributed by atoms with Crippen LogP contribution in [0.4, 0.5) is 0 Å². The van der Waals surface area contributed by atoms with Crippen molar-refractivity contribution in [3.8, 4) is 11.5 Å². The maximum Gasteiger partial charge on any atom is 0.313 e. The lowest BCUT2D eigenvalue weighted by molar-refractivity contribution is -0.142. The molecule has 0 radical (unpaired) electrons. The second-order valence-corrected chi connectivity index (χ2v) is 4.94. The van der Waals surface area contributed by atoms with Crippen molar-refractivity contribution in [2.45, 2.75) is 32.1 Å². The van der Waals surface area contributed by atoms with E-state index >= 15 is 0 Å². The van der Waals surface area contributed by atoms with Crippen LogP contribution in [0.3, 0.4) is 0 Å². The summed E-state index contributed by atoms with van der Waals surface area (Å²) in [5.74, 6) is 1.36. The minimum atomic E-state index is -0.256. The second-order valence-electron chi connectivity index (χ2n) is 4.94. The average molecular weight is 262 g/mol. The lowest BCUT2D eigenvalue weighted by atomic mass is 9.88. The minimum absolute atomic E-state index is 0.194. The number of hydrogen-bond donors (Lipinski definition) is 0. The van der Waals surface area contributed by atoms with Gasteiger partial charge in [-0.05, 0) is 12.5 Å². The highest BCUT2D eigenvalue weighted by molar-refractivity contribution is 5.81. The number of benzene rings is 1. The van der Waals surface area contributed by atoms with Gasteiger partial charge in [0.15, 0.2) is 0 Å². The monoisotopic (exact) mass is 262 g/mol. The molecule has 0 N–H and O–H groups in total. The van der Waals surface area contributed by atoms with Crippen LogP contribution in [0, 0.1) is 0 Å². The normalized spacial score (nSPS) is 17.2. The molecule has 4 nitrogen and oxygen atoms in total. The van der Waals surface area contributed by atoms with Crippen LogP contribution in [0.1, 0.15) is 36.0 Å². The van der Waals surface area contributed by atoms with Crippen LogP contribution in [-0.4, -0.2) is 26.3 Å². The number of hydrogen-bond acceptors (Lipinski definition) is 4. The maximum atomic E-state index is 12.0. The second kappa shape index (κ2) is 4.76. The molecule has 0 fully saturated rings. The molecule has 1 unspecified atom stereocenters. The summed E-state index contributed by atoms with van der Waals surface area (Å²) in [5, 5.41) is 0. The molecule has 1 atom stereocenters. The molecule has 0 saturated carbocycles. The molecule has 1 aromatic carbocycles. The average Bonchev–Trinajstić information content (AvgIpc) is 3.06. The largest absolute Gasteiger partial charge is 0.493 e. The Morgan fingerprint density at radius 2 is 2.16 bits per heavy atom. The molecule has 0 saturated heterocycles. The van der Waals surface area contributed by atoms with Crippen molar-refractivity contribution < 1.29 is 19.0 Å². The van der Waals surface area contributed by atoms with Crippen LogP contribution in [0.15, 0.2) is 6.07 Å². The molecule has 2 aliphatic rings. The van der Waals surface area contributed by atoms with E-state index in [0.29, 0.717) is 19.6 Å². The number of carbonyl (C=O) groups is 1. The Balaban J connectivity index is 2.16. The molecular weight excluding hydrogens is 244 g/mol. The molecule has 0 aromatic heterocycles. The van der Waals surface area contributed by atoms with Gasteiger partial charge in [0.1, 0.15) is 11.5 Å². The Morgan fingerprint density at radius 3 is 2.89 bits per heavy atom. The summed E-state index contributed by atoms with van der Waals surface area (Å²) in [6.07, 6.45) is 2.43. The topological polar surface area (TPSA) is 44.8 Å². The zero-order valence-corrected chi connectivity index (χ0v) is 11.3. The van der Waals surface area contributed by atoms with Crippen molar-refractivity contribution in [1.29, 1.82) is 0 Å². The van der Waals surface area contributed by atoms with Crippen molar-refractivity contribution in [3.05, 3.63) is 22.8 Å². The molecule has 3 rings (SSSR count). The predicted molar refractivity (Wildman–Crippen MR) is 69.9 cm³/mol. The van der Waals surface area contributed by atoms with Gasteiger partial charge in [-0.1, -0.05) is 6.92 Å². The zero-order chi connectivity index (χ0) is 13.4. The molecule has 0 aliphatic carbocycles. The number of carbonyl (C=O) groups excluding carboxylic acids is 1. The van der Waals surface area contributed by atoms with Gasteiger partial charge in [0.25, 0.3) is 0 Å². The van der Waals surface area contributed by atoms with Gasteiger partial charge in [-0.2, -0.15) is 0 Å². The van der Waals surface area contributed by atoms with Crippen LogP contribution in [0.5, 0.6) is 11.5 Å². The van der Waals surface area contributed by atoms with Crippen LogP contribution >= 0.6 is 0 Å². The van der Waals surface area contributed by atoms with Crippen molar-refractivity contribution >= 4 is 5.97 Å². The molecule has 1 aromatic rings. The van der Waals surface area contributed by atoms with Crippen LogP contribution in [0.2, 0.25) is 0 Å². The van der Waals surface area contributed by atoms with E-state index < -0.39 is 0 Å². The van der Waals surface area contributed by atoms with Gasteiger partial charge in [0, 0.05) is 29.5 Å². The molecule has 19 heavy (non-hydrogen) atoms. The Labute approximate surface area is 112 Å². The third kappa shape index (κ3) is 1.86. The first-order chi connectivity index (χ1) is 9.26. The van der Waals surface area contributed by atoms with Crippen molar-refractivity contribution in [2.24, 2.45) is 0 Å². The zero-order valence-electron chi connectivity index (χ0n) is 11.3. The quantitative estimate of drug-likeness (QED) is 0.784. The lowest BCUT2D eigenvalue weighted by Gasteiger charge is -2.19. The molecule has 102 valence electrons. The van der Waals surface area contributed by atoms with E-state index in [2.05, 4.69) is 6.07 Å². The fourth-order valence-electron chi connectivity index (χ4n) is 3.02. The smallest absolute Gasteiger partial charge is 0.313 e. The summed E-state index contributed by atoms with van der Waals surface area (Å²) < 4.78 is 16.4. The van der Waals surface area contributed by atoms with Crippen LogP contribution in [0.25, 0.3) is 0 Å². The Kier molecular flexibility index (Phi) is 3.09. The third-order valence-electron chi connectivity index (χ3n) is 3.93. The van der Waals surface area contributed by atoms with E-state index in [0.717, 1.165) is 41.0 Å². The number of rotatable bonds is 3. The summed E-state index contributed by atoms with van der Waals surface area (Å²) in [4.78, 5) is 12.0. The summed E-state index contributed by atoms with van der Waals surface area (Å²) in [6, 6.07) is 2.07. The summed E-state index contributed by atoms with van der Waals surface area (Å²) in [7, 11) is 1.44. The summed E-state index contributed by atoms with van der Waals surface area (Å²) in [5.41, 5.74) is 3.27. The third-order valence-corrected chi connectivity index (χ3v) is 3.93. The highest BCUT2D eigenvalue weighted by Gasteiger charge is 2.33. The van der Waals surface area contributed by atoms with Gasteiger partial charge in [0.2, 0.25) is 0 Å². The lowest BCUT2D eigenvalue weighted by Crippen LogP contribution is -2.16. The van der Waals surface area contributed by atoms with Gasteiger partial charge in [-0.3, -0.25) is 4.79 Å². The molecule has 4 heteroatoms. The van der Waals surface area contributed by atoms with Gasteiger partial charge < -0.3 is 14.2 Å². The van der Waals surface area contributed by atoms with Crippen LogP contribution in [-0.2, 0) is 22.4 Å². The molecule has 0 spiro atoms. The van der Waals surface area contributed by atoms with Gasteiger partial charge in [-0.25, -0.2) is 0 Å². The molecule has 0 amide bonds. The molecular formula is C15H18O4. The van der Waals surface area contributed by atoms with E-state index in [9.17, 15) is 4.79 Å². The highest BCUT2D eigenvalue weighted by Crippen LogP contribution is 2.45. The number of methoxy groups -OCH3 is 1. The minimum Gasteiger partial charge on any atom is -0.493 e. The van der Waals surface area contributed by atoms with Crippen molar-refractivity contribution in [2.75, 3.05) is 20.3 Å². The Bertz CT molecular complexity index is 489. The van der Waals surface area contributed by atoms with E-state index in [1.807, 2.05) is 6.92 Å². The van der Waals surface area contributed by atoms with Gasteiger partial charge in [-0.15, -0.1) is 0 Å². The first-order valence-corrected chi connectivity index (χ1v) is 6.78. The molecule has 2 heterocycles. The summed E-state index contributed by atoms with van der Waals surface area (Å²) in [6.45, 7) is 3.36. The fourth-order valence-corrected chi connectivity index (χ4v) is 3.02. The number of ether oxygens (including phenoxy) is 3. The summed E-state index contributed by atoms with van der Waals surface area (Å²) >= 11 is 0. The van der Waals surface area contributed by atoms with E-state index in [1.165, 1.54) is 7.11 Å². The Morgan fingerprint density at radius 1 is 1.37 bits per heavy atom. The highest BCUT2D eigenvalue weighted by atomic mass is 16.5. The maximum absolute atomic E-state index is 12.0. The Hall–Kier alpha value is -1.71. The SMILES string of the molecule is CCC(C(=O)OC)c1c2c(cc3c1OCC3)OCC2. The van der Waals surface area contributed by atoms with E-state index in [1.54, 1.807) is 0 Å². The first kappa shape index (κ1) is 12.3.